The van der Waals surface area contributed by atoms with Crippen molar-refractivity contribution >= 4 is 18.0 Å². The lowest BCUT2D eigenvalue weighted by Crippen LogP contribution is -2.55. The number of fused-ring (bicyclic) bond motifs is 1. The molecule has 2 amide bonds. The fraction of sp³-hybridized carbons (Fsp3) is 0.824. The summed E-state index contributed by atoms with van der Waals surface area (Å²) in [4.78, 5) is 38.0. The average molecular weight is 340 g/mol. The van der Waals surface area contributed by atoms with Gasteiger partial charge in [-0.05, 0) is 45.4 Å². The molecule has 24 heavy (non-hydrogen) atoms. The smallest absolute Gasteiger partial charge is 0.408 e. The molecule has 5 atom stereocenters. The molecule has 2 N–H and O–H groups in total. The van der Waals surface area contributed by atoms with Crippen LogP contribution >= 0.6 is 0 Å². The van der Waals surface area contributed by atoms with Gasteiger partial charge in [0.2, 0.25) is 5.91 Å². The van der Waals surface area contributed by atoms with E-state index in [2.05, 4.69) is 5.32 Å². The van der Waals surface area contributed by atoms with Gasteiger partial charge in [-0.3, -0.25) is 4.79 Å². The first-order chi connectivity index (χ1) is 11.0. The third kappa shape index (κ3) is 3.99. The zero-order chi connectivity index (χ0) is 18.2. The van der Waals surface area contributed by atoms with Crippen LogP contribution in [0, 0.1) is 11.8 Å². The van der Waals surface area contributed by atoms with E-state index in [1.807, 2.05) is 13.8 Å². The van der Waals surface area contributed by atoms with Crippen LogP contribution in [0.1, 0.15) is 53.9 Å². The first-order valence-corrected chi connectivity index (χ1v) is 8.59. The minimum Gasteiger partial charge on any atom is -0.480 e. The van der Waals surface area contributed by atoms with Gasteiger partial charge in [-0.2, -0.15) is 0 Å². The van der Waals surface area contributed by atoms with E-state index < -0.39 is 29.7 Å². The normalized spacial score (nSPS) is 27.9. The number of hydrogen-bond acceptors (Lipinski definition) is 4. The predicted octanol–water partition coefficient (Wildman–Crippen LogP) is 2.00. The number of carbonyl (C=O) groups excluding carboxylic acids is 2. The van der Waals surface area contributed by atoms with Gasteiger partial charge in [-0.1, -0.05) is 20.3 Å². The van der Waals surface area contributed by atoms with Crippen LogP contribution in [0.5, 0.6) is 0 Å². The van der Waals surface area contributed by atoms with Gasteiger partial charge in [0, 0.05) is 6.04 Å². The Morgan fingerprint density at radius 2 is 1.92 bits per heavy atom. The van der Waals surface area contributed by atoms with Gasteiger partial charge in [0.1, 0.15) is 17.7 Å². The van der Waals surface area contributed by atoms with Gasteiger partial charge in [0.05, 0.1) is 0 Å². The number of carbonyl (C=O) groups is 3. The molecule has 1 saturated carbocycles. The van der Waals surface area contributed by atoms with Gasteiger partial charge in [0.15, 0.2) is 0 Å². The van der Waals surface area contributed by atoms with Crippen LogP contribution in [-0.4, -0.2) is 51.7 Å². The van der Waals surface area contributed by atoms with Crippen LogP contribution < -0.4 is 5.32 Å². The summed E-state index contributed by atoms with van der Waals surface area (Å²) in [7, 11) is 0. The summed E-state index contributed by atoms with van der Waals surface area (Å²) in [6, 6.07) is -1.55. The van der Waals surface area contributed by atoms with Gasteiger partial charge in [0.25, 0.3) is 0 Å². The van der Waals surface area contributed by atoms with Gasteiger partial charge >= 0.3 is 12.1 Å². The number of likely N-dealkylation sites (tertiary alicyclic amines) is 1. The molecule has 7 heteroatoms. The van der Waals surface area contributed by atoms with Crippen LogP contribution in [0.4, 0.5) is 4.79 Å². The second-order valence-electron chi connectivity index (χ2n) is 7.91. The maximum absolute atomic E-state index is 13.0. The summed E-state index contributed by atoms with van der Waals surface area (Å²) in [5.41, 5.74) is -0.661. The maximum atomic E-state index is 13.0. The molecular formula is C17H28N2O5. The molecule has 0 aromatic rings. The van der Waals surface area contributed by atoms with E-state index in [-0.39, 0.29) is 23.8 Å². The molecule has 0 aromatic heterocycles. The third-order valence-corrected chi connectivity index (χ3v) is 4.80. The molecule has 0 radical (unpaired) electrons. The highest BCUT2D eigenvalue weighted by Crippen LogP contribution is 2.48. The minimum atomic E-state index is -0.976. The average Bonchev–Trinajstić information content (AvgIpc) is 3.11. The lowest BCUT2D eigenvalue weighted by Gasteiger charge is -2.32. The Labute approximate surface area is 142 Å². The molecule has 3 unspecified atom stereocenters. The standard InChI is InChI=1S/C17H28N2O5/c1-6-9(2)13(18-16(23)24-17(3,4)5)14(20)19-11-7-10(11)8-12(19)15(21)22/h9-13H,6-8H2,1-5H3,(H,18,23)(H,21,22)/t9?,10?,11?,12-,13-/m0/s1. The van der Waals surface area contributed by atoms with Gasteiger partial charge < -0.3 is 20.1 Å². The second kappa shape index (κ2) is 6.61. The first-order valence-electron chi connectivity index (χ1n) is 8.59. The summed E-state index contributed by atoms with van der Waals surface area (Å²) in [6.07, 6.45) is 1.39. The van der Waals surface area contributed by atoms with Crippen molar-refractivity contribution in [2.75, 3.05) is 0 Å². The number of carboxylic acid groups (broad SMARTS) is 1. The fourth-order valence-electron chi connectivity index (χ4n) is 3.27. The monoisotopic (exact) mass is 340 g/mol. The highest BCUT2D eigenvalue weighted by atomic mass is 16.6. The van der Waals surface area contributed by atoms with Crippen molar-refractivity contribution in [2.24, 2.45) is 11.8 Å². The molecular weight excluding hydrogens is 312 g/mol. The highest BCUT2D eigenvalue weighted by molar-refractivity contribution is 5.91. The summed E-state index contributed by atoms with van der Waals surface area (Å²) < 4.78 is 5.25. The van der Waals surface area contributed by atoms with Crippen molar-refractivity contribution in [3.63, 3.8) is 0 Å². The maximum Gasteiger partial charge on any atom is 0.408 e. The van der Waals surface area contributed by atoms with E-state index in [1.54, 1.807) is 20.8 Å². The van der Waals surface area contributed by atoms with Crippen LogP contribution in [0.15, 0.2) is 0 Å². The zero-order valence-corrected chi connectivity index (χ0v) is 15.0. The van der Waals surface area contributed by atoms with Crippen molar-refractivity contribution in [2.45, 2.75) is 77.6 Å². The van der Waals surface area contributed by atoms with E-state index >= 15 is 0 Å². The first kappa shape index (κ1) is 18.5. The lowest BCUT2D eigenvalue weighted by molar-refractivity contribution is -0.150. The van der Waals surface area contributed by atoms with Crippen molar-refractivity contribution in [1.82, 2.24) is 10.2 Å². The quantitative estimate of drug-likeness (QED) is 0.798. The Hall–Kier alpha value is -1.79. The Bertz CT molecular complexity index is 528. The van der Waals surface area contributed by atoms with Crippen molar-refractivity contribution in [3.05, 3.63) is 0 Å². The Kier molecular flexibility index (Phi) is 5.11. The molecule has 2 rings (SSSR count). The molecule has 7 nitrogen and oxygen atoms in total. The third-order valence-electron chi connectivity index (χ3n) is 4.80. The van der Waals surface area contributed by atoms with E-state index in [4.69, 9.17) is 4.74 Å². The number of piperidine rings is 1. The van der Waals surface area contributed by atoms with Crippen LogP contribution in [0.25, 0.3) is 0 Å². The Balaban J connectivity index is 2.13. The summed E-state index contributed by atoms with van der Waals surface area (Å²) >= 11 is 0. The molecule has 2 aliphatic rings. The number of amides is 2. The van der Waals surface area contributed by atoms with Gasteiger partial charge in [-0.15, -0.1) is 0 Å². The molecule has 1 saturated heterocycles. The Morgan fingerprint density at radius 1 is 1.29 bits per heavy atom. The molecule has 1 aliphatic heterocycles. The molecule has 0 aromatic carbocycles. The number of carboxylic acids is 1. The topological polar surface area (TPSA) is 95.9 Å². The van der Waals surface area contributed by atoms with Crippen LogP contribution in [0.3, 0.4) is 0 Å². The van der Waals surface area contributed by atoms with E-state index in [0.29, 0.717) is 12.8 Å². The number of nitrogens with zero attached hydrogens (tertiary/aromatic N) is 1. The molecule has 1 aliphatic carbocycles. The Morgan fingerprint density at radius 3 is 2.42 bits per heavy atom. The number of hydrogen-bond donors (Lipinski definition) is 2. The largest absolute Gasteiger partial charge is 0.480 e. The number of nitrogens with one attached hydrogen (secondary N) is 1. The van der Waals surface area contributed by atoms with E-state index in [0.717, 1.165) is 6.42 Å². The van der Waals surface area contributed by atoms with Crippen LogP contribution in [-0.2, 0) is 14.3 Å². The summed E-state index contributed by atoms with van der Waals surface area (Å²) in [6.45, 7) is 9.06. The fourth-order valence-corrected chi connectivity index (χ4v) is 3.27. The summed E-state index contributed by atoms with van der Waals surface area (Å²) in [5, 5.41) is 12.0. The van der Waals surface area contributed by atoms with E-state index in [1.165, 1.54) is 4.90 Å². The lowest BCUT2D eigenvalue weighted by atomic mass is 9.97. The molecule has 0 bridgehead atoms. The van der Waals surface area contributed by atoms with Crippen molar-refractivity contribution < 1.29 is 24.2 Å². The highest BCUT2D eigenvalue weighted by Gasteiger charge is 2.57. The predicted molar refractivity (Wildman–Crippen MR) is 87.4 cm³/mol. The zero-order valence-electron chi connectivity index (χ0n) is 15.0. The minimum absolute atomic E-state index is 0.00518. The second-order valence-corrected chi connectivity index (χ2v) is 7.91. The van der Waals surface area contributed by atoms with Crippen molar-refractivity contribution in [1.29, 1.82) is 0 Å². The van der Waals surface area contributed by atoms with Crippen LogP contribution in [0.2, 0.25) is 0 Å². The molecule has 136 valence electrons. The number of alkyl carbamates (subject to hydrolysis) is 1. The number of ether oxygens (including phenoxy) is 1. The van der Waals surface area contributed by atoms with Gasteiger partial charge in [-0.25, -0.2) is 9.59 Å². The summed E-state index contributed by atoms with van der Waals surface area (Å²) in [5.74, 6) is -1.12. The molecule has 0 spiro atoms. The SMILES string of the molecule is CCC(C)[C@H](NC(=O)OC(C)(C)C)C(=O)N1C2CC2C[C@H]1C(=O)O. The number of rotatable bonds is 5. The van der Waals surface area contributed by atoms with E-state index in [9.17, 15) is 19.5 Å². The number of aliphatic carboxylic acids is 1. The van der Waals surface area contributed by atoms with Crippen molar-refractivity contribution in [3.8, 4) is 0 Å². The molecule has 2 fully saturated rings. The molecule has 1 heterocycles.